The summed E-state index contributed by atoms with van der Waals surface area (Å²) in [4.78, 5) is 26.7. The van der Waals surface area contributed by atoms with E-state index < -0.39 is 0 Å². The molecule has 0 aliphatic carbocycles. The molecule has 1 aromatic rings. The smallest absolute Gasteiger partial charge is 0.221 e. The van der Waals surface area contributed by atoms with E-state index in [4.69, 9.17) is 0 Å². The van der Waals surface area contributed by atoms with E-state index in [1.165, 1.54) is 11.3 Å². The Balaban J connectivity index is 2.38. The molecule has 4 nitrogen and oxygen atoms in total. The van der Waals surface area contributed by atoms with Crippen molar-refractivity contribution in [1.29, 1.82) is 0 Å². The zero-order valence-corrected chi connectivity index (χ0v) is 11.3. The van der Waals surface area contributed by atoms with Gasteiger partial charge < -0.3 is 5.32 Å². The highest BCUT2D eigenvalue weighted by molar-refractivity contribution is 7.14. The maximum Gasteiger partial charge on any atom is 0.221 e. The zero-order valence-electron chi connectivity index (χ0n) is 10.4. The van der Waals surface area contributed by atoms with Crippen molar-refractivity contribution in [2.45, 2.75) is 13.3 Å². The molecule has 0 atom stereocenters. The molecule has 1 rings (SSSR count). The highest BCUT2D eigenvalue weighted by Crippen LogP contribution is 2.15. The van der Waals surface area contributed by atoms with Crippen LogP contribution in [0.15, 0.2) is 12.1 Å². The van der Waals surface area contributed by atoms with Crippen LogP contribution in [0.5, 0.6) is 0 Å². The molecular weight excluding hydrogens is 236 g/mol. The van der Waals surface area contributed by atoms with Gasteiger partial charge in [0.15, 0.2) is 5.78 Å². The average molecular weight is 254 g/mol. The Morgan fingerprint density at radius 1 is 1.41 bits per heavy atom. The van der Waals surface area contributed by atoms with E-state index in [0.717, 1.165) is 9.75 Å². The Morgan fingerprint density at radius 3 is 2.65 bits per heavy atom. The summed E-state index contributed by atoms with van der Waals surface area (Å²) in [6.45, 7) is 2.93. The molecule has 0 spiro atoms. The van der Waals surface area contributed by atoms with Crippen molar-refractivity contribution in [3.63, 3.8) is 0 Å². The lowest BCUT2D eigenvalue weighted by atomic mass is 10.3. The summed E-state index contributed by atoms with van der Waals surface area (Å²) in [5, 5.41) is 2.56. The Hall–Kier alpha value is -1.20. The van der Waals surface area contributed by atoms with Crippen molar-refractivity contribution < 1.29 is 9.59 Å². The molecule has 1 amide bonds. The van der Waals surface area contributed by atoms with Crippen molar-refractivity contribution >= 4 is 23.0 Å². The number of carbonyl (C=O) groups is 2. The highest BCUT2D eigenvalue weighted by atomic mass is 32.1. The van der Waals surface area contributed by atoms with Gasteiger partial charge in [0.25, 0.3) is 0 Å². The summed E-state index contributed by atoms with van der Waals surface area (Å²) in [6, 6.07) is 3.80. The monoisotopic (exact) mass is 254 g/mol. The largest absolute Gasteiger partial charge is 0.359 e. The van der Waals surface area contributed by atoms with Crippen LogP contribution in [0.4, 0.5) is 0 Å². The summed E-state index contributed by atoms with van der Waals surface area (Å²) >= 11 is 1.51. The molecule has 0 fully saturated rings. The molecule has 0 aromatic carbocycles. The molecule has 0 unspecified atom stereocenters. The second kappa shape index (κ2) is 6.51. The Kier molecular flexibility index (Phi) is 5.31. The van der Waals surface area contributed by atoms with Gasteiger partial charge in [0.2, 0.25) is 5.91 Å². The van der Waals surface area contributed by atoms with Crippen LogP contribution in [0.2, 0.25) is 0 Å². The van der Waals surface area contributed by atoms with Crippen molar-refractivity contribution in [3.8, 4) is 0 Å². The molecule has 0 aliphatic heterocycles. The fourth-order valence-corrected chi connectivity index (χ4v) is 2.20. The van der Waals surface area contributed by atoms with Gasteiger partial charge in [0, 0.05) is 24.9 Å². The van der Waals surface area contributed by atoms with Crippen LogP contribution in [0, 0.1) is 6.92 Å². The lowest BCUT2D eigenvalue weighted by molar-refractivity contribution is -0.120. The number of aryl methyl sites for hydroxylation is 1. The fourth-order valence-electron chi connectivity index (χ4n) is 1.40. The summed E-state index contributed by atoms with van der Waals surface area (Å²) in [5.74, 6) is 0.110. The SMILES string of the molecule is CNC(=O)CCN(C)CC(=O)c1ccc(C)s1. The Labute approximate surface area is 106 Å². The maximum atomic E-state index is 11.9. The highest BCUT2D eigenvalue weighted by Gasteiger charge is 2.11. The number of hydrogen-bond donors (Lipinski definition) is 1. The molecule has 1 N–H and O–H groups in total. The first-order valence-corrected chi connectivity index (χ1v) is 6.33. The van der Waals surface area contributed by atoms with Crippen LogP contribution in [-0.2, 0) is 4.79 Å². The van der Waals surface area contributed by atoms with E-state index >= 15 is 0 Å². The van der Waals surface area contributed by atoms with Crippen LogP contribution in [-0.4, -0.2) is 43.8 Å². The van der Waals surface area contributed by atoms with E-state index in [9.17, 15) is 9.59 Å². The first-order valence-electron chi connectivity index (χ1n) is 5.51. The molecule has 0 aliphatic rings. The van der Waals surface area contributed by atoms with Gasteiger partial charge in [-0.1, -0.05) is 0 Å². The van der Waals surface area contributed by atoms with Crippen LogP contribution < -0.4 is 5.32 Å². The number of nitrogens with zero attached hydrogens (tertiary/aromatic N) is 1. The number of likely N-dealkylation sites (N-methyl/N-ethyl adjacent to an activating group) is 1. The van der Waals surface area contributed by atoms with Crippen molar-refractivity contribution in [2.75, 3.05) is 27.2 Å². The van der Waals surface area contributed by atoms with Crippen molar-refractivity contribution in [2.24, 2.45) is 0 Å². The Morgan fingerprint density at radius 2 is 2.12 bits per heavy atom. The summed E-state index contributed by atoms with van der Waals surface area (Å²) in [7, 11) is 3.46. The fraction of sp³-hybridized carbons (Fsp3) is 0.500. The quantitative estimate of drug-likeness (QED) is 0.779. The van der Waals surface area contributed by atoms with Crippen LogP contribution in [0.25, 0.3) is 0 Å². The topological polar surface area (TPSA) is 49.4 Å². The van der Waals surface area contributed by atoms with Crippen LogP contribution >= 0.6 is 11.3 Å². The molecule has 1 heterocycles. The van der Waals surface area contributed by atoms with Gasteiger partial charge in [-0.2, -0.15) is 0 Å². The van der Waals surface area contributed by atoms with E-state index in [1.807, 2.05) is 31.0 Å². The number of carbonyl (C=O) groups excluding carboxylic acids is 2. The minimum atomic E-state index is -0.00346. The number of rotatable bonds is 6. The molecule has 0 saturated carbocycles. The standard InChI is InChI=1S/C12H18N2O2S/c1-9-4-5-11(17-9)10(15)8-14(3)7-6-12(16)13-2/h4-5H,6-8H2,1-3H3,(H,13,16). The van der Waals surface area contributed by atoms with E-state index in [-0.39, 0.29) is 11.7 Å². The lowest BCUT2D eigenvalue weighted by Crippen LogP contribution is -2.30. The van der Waals surface area contributed by atoms with Gasteiger partial charge in [0.1, 0.15) is 0 Å². The number of nitrogens with one attached hydrogen (secondary N) is 1. The van der Waals surface area contributed by atoms with Gasteiger partial charge in [-0.15, -0.1) is 11.3 Å². The molecule has 0 saturated heterocycles. The van der Waals surface area contributed by atoms with Crippen LogP contribution in [0.3, 0.4) is 0 Å². The van der Waals surface area contributed by atoms with E-state index in [0.29, 0.717) is 19.5 Å². The van der Waals surface area contributed by atoms with Gasteiger partial charge in [-0.25, -0.2) is 0 Å². The molecule has 1 aromatic heterocycles. The number of amides is 1. The predicted molar refractivity (Wildman–Crippen MR) is 69.6 cm³/mol. The number of Topliss-reactive ketones (excluding diaryl/α,β-unsaturated/α-hetero) is 1. The van der Waals surface area contributed by atoms with E-state index in [1.54, 1.807) is 7.05 Å². The minimum absolute atomic E-state index is 0.00346. The van der Waals surface area contributed by atoms with Gasteiger partial charge in [-0.3, -0.25) is 14.5 Å². The van der Waals surface area contributed by atoms with Crippen molar-refractivity contribution in [3.05, 3.63) is 21.9 Å². The second-order valence-electron chi connectivity index (χ2n) is 3.99. The molecule has 0 bridgehead atoms. The number of hydrogen-bond acceptors (Lipinski definition) is 4. The number of thiophene rings is 1. The zero-order chi connectivity index (χ0) is 12.8. The third-order valence-electron chi connectivity index (χ3n) is 2.43. The lowest BCUT2D eigenvalue weighted by Gasteiger charge is -2.14. The van der Waals surface area contributed by atoms with Crippen molar-refractivity contribution in [1.82, 2.24) is 10.2 Å². The molecular formula is C12H18N2O2S. The molecule has 5 heteroatoms. The first-order chi connectivity index (χ1) is 8.02. The van der Waals surface area contributed by atoms with Gasteiger partial charge >= 0.3 is 0 Å². The summed E-state index contributed by atoms with van der Waals surface area (Å²) in [6.07, 6.45) is 0.420. The third kappa shape index (κ3) is 4.66. The molecule has 94 valence electrons. The van der Waals surface area contributed by atoms with Gasteiger partial charge in [0.05, 0.1) is 11.4 Å². The van der Waals surface area contributed by atoms with E-state index in [2.05, 4.69) is 5.32 Å². The first kappa shape index (κ1) is 13.9. The summed E-state index contributed by atoms with van der Waals surface area (Å²) < 4.78 is 0. The molecule has 17 heavy (non-hydrogen) atoms. The summed E-state index contributed by atoms with van der Waals surface area (Å²) in [5.41, 5.74) is 0. The Bertz CT molecular complexity index is 401. The number of ketones is 1. The van der Waals surface area contributed by atoms with Crippen LogP contribution in [0.1, 0.15) is 21.0 Å². The average Bonchev–Trinajstić information content (AvgIpc) is 2.72. The third-order valence-corrected chi connectivity index (χ3v) is 3.47. The maximum absolute atomic E-state index is 11.9. The predicted octanol–water partition coefficient (Wildman–Crippen LogP) is 1.31. The molecule has 0 radical (unpaired) electrons. The normalized spacial score (nSPS) is 10.6. The minimum Gasteiger partial charge on any atom is -0.359 e. The van der Waals surface area contributed by atoms with Gasteiger partial charge in [-0.05, 0) is 26.1 Å². The second-order valence-corrected chi connectivity index (χ2v) is 5.28.